The lowest BCUT2D eigenvalue weighted by atomic mass is 9.90. The minimum Gasteiger partial charge on any atom is -0.492 e. The molecule has 0 saturated carbocycles. The van der Waals surface area contributed by atoms with Crippen molar-refractivity contribution in [3.05, 3.63) is 90.0 Å². The van der Waals surface area contributed by atoms with E-state index < -0.39 is 5.92 Å². The summed E-state index contributed by atoms with van der Waals surface area (Å²) >= 11 is 1.52. The number of hydrogen-bond donors (Lipinski definition) is 0. The van der Waals surface area contributed by atoms with Gasteiger partial charge < -0.3 is 9.47 Å². The van der Waals surface area contributed by atoms with E-state index in [1.165, 1.54) is 11.3 Å². The number of aromatic nitrogens is 1. The summed E-state index contributed by atoms with van der Waals surface area (Å²) < 4.78 is 12.8. The van der Waals surface area contributed by atoms with E-state index in [2.05, 4.69) is 0 Å². The van der Waals surface area contributed by atoms with Gasteiger partial charge in [-0.2, -0.15) is 0 Å². The van der Waals surface area contributed by atoms with Crippen LogP contribution in [-0.2, 0) is 9.53 Å². The Hall–Kier alpha value is -3.22. The summed E-state index contributed by atoms with van der Waals surface area (Å²) in [6.07, 6.45) is 1.97. The van der Waals surface area contributed by atoms with Gasteiger partial charge in [-0.25, -0.2) is 4.98 Å². The van der Waals surface area contributed by atoms with Crippen LogP contribution in [0.3, 0.4) is 0 Å². The van der Waals surface area contributed by atoms with Crippen molar-refractivity contribution in [2.24, 2.45) is 0 Å². The summed E-state index contributed by atoms with van der Waals surface area (Å²) in [5, 5.41) is 0.680. The summed E-state index contributed by atoms with van der Waals surface area (Å²) in [6, 6.07) is 25.9. The summed E-state index contributed by atoms with van der Waals surface area (Å²) in [4.78, 5) is 21.1. The first-order valence-corrected chi connectivity index (χ1v) is 12.6. The second-order valence-corrected chi connectivity index (χ2v) is 9.38. The number of benzene rings is 3. The Bertz CT molecular complexity index is 1200. The van der Waals surface area contributed by atoms with Gasteiger partial charge in [0.05, 0.1) is 29.9 Å². The van der Waals surface area contributed by atoms with Crippen LogP contribution in [0.4, 0.5) is 5.13 Å². The van der Waals surface area contributed by atoms with Crippen LogP contribution < -0.4 is 9.64 Å². The van der Waals surface area contributed by atoms with E-state index in [0.29, 0.717) is 18.3 Å². The summed E-state index contributed by atoms with van der Waals surface area (Å²) in [5.41, 5.74) is 2.73. The summed E-state index contributed by atoms with van der Waals surface area (Å²) in [5.74, 6) is 0.321. The Morgan fingerprint density at radius 3 is 2.38 bits per heavy atom. The van der Waals surface area contributed by atoms with E-state index >= 15 is 0 Å². The molecule has 0 spiro atoms. The lowest BCUT2D eigenvalue weighted by molar-refractivity contribution is -0.119. The molecule has 1 atom stereocenters. The van der Waals surface area contributed by atoms with Gasteiger partial charge in [-0.3, -0.25) is 9.69 Å². The number of carbonyl (C=O) groups excluding carboxylic acids is 1. The molecule has 2 heterocycles. The predicted molar refractivity (Wildman–Crippen MR) is 137 cm³/mol. The molecule has 5 rings (SSSR count). The third-order valence-corrected chi connectivity index (χ3v) is 7.13. The molecular weight excluding hydrogens is 444 g/mol. The van der Waals surface area contributed by atoms with E-state index in [4.69, 9.17) is 14.5 Å². The highest BCUT2D eigenvalue weighted by molar-refractivity contribution is 7.22. The van der Waals surface area contributed by atoms with Crippen molar-refractivity contribution in [2.75, 3.05) is 24.7 Å². The van der Waals surface area contributed by atoms with Crippen LogP contribution in [0.5, 0.6) is 5.75 Å². The zero-order chi connectivity index (χ0) is 23.3. The number of para-hydroxylation sites is 1. The van der Waals surface area contributed by atoms with E-state index in [1.807, 2.05) is 90.7 Å². The number of nitrogens with zero attached hydrogens (tertiary/aromatic N) is 2. The van der Waals surface area contributed by atoms with Gasteiger partial charge in [0.15, 0.2) is 5.13 Å². The highest BCUT2D eigenvalue weighted by atomic mass is 32.1. The van der Waals surface area contributed by atoms with E-state index in [0.717, 1.165) is 46.5 Å². The monoisotopic (exact) mass is 472 g/mol. The molecule has 1 amide bonds. The Balaban J connectivity index is 1.59. The van der Waals surface area contributed by atoms with Gasteiger partial charge in [-0.15, -0.1) is 0 Å². The molecule has 0 aliphatic carbocycles. The standard InChI is InChI=1S/C28H28N2O3S/c1-2-32-23-16-9-17-24-26(23)29-28(34-24)30(19-22-15-10-18-33-22)27(31)25(20-11-5-3-6-12-20)21-13-7-4-8-14-21/h3-9,11-14,16-17,22,25H,2,10,15,18-19H2,1H3. The van der Waals surface area contributed by atoms with Crippen molar-refractivity contribution >= 4 is 32.6 Å². The molecule has 0 radical (unpaired) electrons. The number of rotatable bonds is 8. The fourth-order valence-electron chi connectivity index (χ4n) is 4.48. The first-order chi connectivity index (χ1) is 16.7. The van der Waals surface area contributed by atoms with Crippen LogP contribution in [0, 0.1) is 0 Å². The molecular formula is C28H28N2O3S. The van der Waals surface area contributed by atoms with Crippen LogP contribution in [0.25, 0.3) is 10.2 Å². The number of carbonyl (C=O) groups is 1. The predicted octanol–water partition coefficient (Wildman–Crippen LogP) is 6.04. The second kappa shape index (κ2) is 10.4. The number of fused-ring (bicyclic) bond motifs is 1. The van der Waals surface area contributed by atoms with E-state index in [-0.39, 0.29) is 12.0 Å². The highest BCUT2D eigenvalue weighted by Gasteiger charge is 2.33. The SMILES string of the molecule is CCOc1cccc2sc(N(CC3CCCO3)C(=O)C(c3ccccc3)c3ccccc3)nc12. The van der Waals surface area contributed by atoms with Crippen molar-refractivity contribution < 1.29 is 14.3 Å². The van der Waals surface area contributed by atoms with Crippen molar-refractivity contribution in [3.63, 3.8) is 0 Å². The molecule has 1 aromatic heterocycles. The fourth-order valence-corrected chi connectivity index (χ4v) is 5.48. The van der Waals surface area contributed by atoms with Crippen molar-refractivity contribution in [2.45, 2.75) is 31.8 Å². The first kappa shape index (κ1) is 22.6. The minimum atomic E-state index is -0.429. The van der Waals surface area contributed by atoms with Crippen LogP contribution >= 0.6 is 11.3 Å². The second-order valence-electron chi connectivity index (χ2n) is 8.37. The quantitative estimate of drug-likeness (QED) is 0.314. The topological polar surface area (TPSA) is 51.7 Å². The number of thiazole rings is 1. The Labute approximate surface area is 204 Å². The number of ether oxygens (including phenoxy) is 2. The normalized spacial score (nSPS) is 15.6. The van der Waals surface area contributed by atoms with Gasteiger partial charge in [-0.05, 0) is 43.0 Å². The smallest absolute Gasteiger partial charge is 0.240 e. The minimum absolute atomic E-state index is 0.00455. The molecule has 1 aliphatic rings. The fraction of sp³-hybridized carbons (Fsp3) is 0.286. The zero-order valence-electron chi connectivity index (χ0n) is 19.2. The number of amides is 1. The third-order valence-electron chi connectivity index (χ3n) is 6.09. The molecule has 6 heteroatoms. The van der Waals surface area contributed by atoms with Gasteiger partial charge in [0.25, 0.3) is 0 Å². The molecule has 1 saturated heterocycles. The van der Waals surface area contributed by atoms with Gasteiger partial charge in [0.1, 0.15) is 11.3 Å². The van der Waals surface area contributed by atoms with Crippen molar-refractivity contribution in [1.29, 1.82) is 0 Å². The van der Waals surface area contributed by atoms with Gasteiger partial charge in [0.2, 0.25) is 5.91 Å². The van der Waals surface area contributed by atoms with E-state index in [9.17, 15) is 4.79 Å². The summed E-state index contributed by atoms with van der Waals surface area (Å²) in [6.45, 7) is 3.75. The van der Waals surface area contributed by atoms with Gasteiger partial charge >= 0.3 is 0 Å². The number of hydrogen-bond acceptors (Lipinski definition) is 5. The number of anilines is 1. The molecule has 0 bridgehead atoms. The maximum atomic E-state index is 14.3. The molecule has 1 unspecified atom stereocenters. The van der Waals surface area contributed by atoms with Gasteiger partial charge in [0, 0.05) is 6.61 Å². The third kappa shape index (κ3) is 4.69. The molecule has 5 nitrogen and oxygen atoms in total. The maximum Gasteiger partial charge on any atom is 0.240 e. The molecule has 1 fully saturated rings. The highest BCUT2D eigenvalue weighted by Crippen LogP contribution is 2.37. The largest absolute Gasteiger partial charge is 0.492 e. The van der Waals surface area contributed by atoms with Crippen molar-refractivity contribution in [3.8, 4) is 5.75 Å². The Kier molecular flexibility index (Phi) is 6.88. The van der Waals surface area contributed by atoms with Crippen LogP contribution in [0.15, 0.2) is 78.9 Å². The van der Waals surface area contributed by atoms with E-state index in [1.54, 1.807) is 0 Å². The molecule has 3 aromatic carbocycles. The maximum absolute atomic E-state index is 14.3. The molecule has 4 aromatic rings. The molecule has 34 heavy (non-hydrogen) atoms. The molecule has 174 valence electrons. The average Bonchev–Trinajstić information content (AvgIpc) is 3.54. The first-order valence-electron chi connectivity index (χ1n) is 11.8. The Morgan fingerprint density at radius 2 is 1.76 bits per heavy atom. The molecule has 1 aliphatic heterocycles. The van der Waals surface area contributed by atoms with Crippen molar-refractivity contribution in [1.82, 2.24) is 4.98 Å². The van der Waals surface area contributed by atoms with Crippen LogP contribution in [0.1, 0.15) is 36.8 Å². The lowest BCUT2D eigenvalue weighted by Gasteiger charge is -2.28. The zero-order valence-corrected chi connectivity index (χ0v) is 20.0. The van der Waals surface area contributed by atoms with Crippen LogP contribution in [-0.4, -0.2) is 36.8 Å². The van der Waals surface area contributed by atoms with Crippen LogP contribution in [0.2, 0.25) is 0 Å². The summed E-state index contributed by atoms with van der Waals surface area (Å²) in [7, 11) is 0. The Morgan fingerprint density at radius 1 is 1.06 bits per heavy atom. The lowest BCUT2D eigenvalue weighted by Crippen LogP contribution is -2.40. The molecule has 0 N–H and O–H groups in total. The van der Waals surface area contributed by atoms with Gasteiger partial charge in [-0.1, -0.05) is 78.1 Å². The average molecular weight is 473 g/mol.